The summed E-state index contributed by atoms with van der Waals surface area (Å²) in [6.45, 7) is 1.01. The van der Waals surface area contributed by atoms with Gasteiger partial charge in [0, 0.05) is 12.7 Å². The van der Waals surface area contributed by atoms with Gasteiger partial charge in [-0.25, -0.2) is 4.98 Å². The van der Waals surface area contributed by atoms with E-state index in [0.29, 0.717) is 10.3 Å². The molecule has 0 aromatic carbocycles. The smallest absolute Gasteiger partial charge is 0.203 e. The van der Waals surface area contributed by atoms with Gasteiger partial charge < -0.3 is 0 Å². The molecule has 2 aromatic heterocycles. The second-order valence-electron chi connectivity index (χ2n) is 3.77. The Morgan fingerprint density at radius 1 is 1.53 bits per heavy atom. The van der Waals surface area contributed by atoms with Gasteiger partial charge in [-0.3, -0.25) is 4.68 Å². The summed E-state index contributed by atoms with van der Waals surface area (Å²) in [5.41, 5.74) is 0.943. The fourth-order valence-electron chi connectivity index (χ4n) is 1.47. The summed E-state index contributed by atoms with van der Waals surface area (Å²) < 4.78 is 6.57. The van der Waals surface area contributed by atoms with E-state index in [4.69, 9.17) is 11.6 Å². The van der Waals surface area contributed by atoms with Crippen molar-refractivity contribution in [3.05, 3.63) is 16.9 Å². The molecule has 1 aliphatic rings. The van der Waals surface area contributed by atoms with Crippen molar-refractivity contribution in [2.45, 2.75) is 19.4 Å². The lowest BCUT2D eigenvalue weighted by atomic mass is 10.3. The Kier molecular flexibility index (Phi) is 2.21. The van der Waals surface area contributed by atoms with Gasteiger partial charge in [0.05, 0.1) is 11.8 Å². The van der Waals surface area contributed by atoms with E-state index in [1.54, 1.807) is 6.20 Å². The predicted octanol–water partition coefficient (Wildman–Crippen LogP) is 2.46. The Bertz CT molecular complexity index is 474. The topological polar surface area (TPSA) is 43.6 Å². The average Bonchev–Trinajstić information content (AvgIpc) is 2.74. The van der Waals surface area contributed by atoms with Crippen LogP contribution in [0.15, 0.2) is 12.4 Å². The van der Waals surface area contributed by atoms with Gasteiger partial charge >= 0.3 is 0 Å². The molecular weight excluding hydrogens is 232 g/mol. The van der Waals surface area contributed by atoms with Crippen LogP contribution in [0.4, 0.5) is 0 Å². The molecule has 1 saturated carbocycles. The Morgan fingerprint density at radius 2 is 2.40 bits per heavy atom. The highest BCUT2D eigenvalue weighted by molar-refractivity contribution is 7.10. The molecule has 1 fully saturated rings. The standard InChI is InChI=1S/C9H9ClN4S/c10-9-12-8(13-15-9)7-3-11-14(5-7)4-6-1-2-6/h3,5-6H,1-2,4H2. The molecule has 3 rings (SSSR count). The molecule has 0 atom stereocenters. The van der Waals surface area contributed by atoms with Crippen molar-refractivity contribution in [2.75, 3.05) is 0 Å². The number of hydrogen-bond donors (Lipinski definition) is 0. The lowest BCUT2D eigenvalue weighted by molar-refractivity contribution is 0.563. The van der Waals surface area contributed by atoms with Crippen LogP contribution in [0.1, 0.15) is 12.8 Å². The van der Waals surface area contributed by atoms with Crippen molar-refractivity contribution in [3.63, 3.8) is 0 Å². The summed E-state index contributed by atoms with van der Waals surface area (Å²) in [5, 5.41) is 4.28. The summed E-state index contributed by atoms with van der Waals surface area (Å²) in [6, 6.07) is 0. The molecule has 1 aliphatic carbocycles. The summed E-state index contributed by atoms with van der Waals surface area (Å²) in [5.74, 6) is 1.50. The van der Waals surface area contributed by atoms with E-state index >= 15 is 0 Å². The molecule has 0 saturated heterocycles. The molecule has 0 aliphatic heterocycles. The van der Waals surface area contributed by atoms with Crippen LogP contribution in [0.3, 0.4) is 0 Å². The Hall–Kier alpha value is -0.940. The maximum atomic E-state index is 5.73. The highest BCUT2D eigenvalue weighted by atomic mass is 35.5. The van der Waals surface area contributed by atoms with E-state index in [9.17, 15) is 0 Å². The first-order chi connectivity index (χ1) is 7.31. The number of rotatable bonds is 3. The number of hydrogen-bond acceptors (Lipinski definition) is 4. The SMILES string of the molecule is Clc1nc(-c2cnn(CC3CC3)c2)ns1. The number of halogens is 1. The van der Waals surface area contributed by atoms with E-state index in [0.717, 1.165) is 18.0 Å². The van der Waals surface area contributed by atoms with Crippen molar-refractivity contribution in [1.29, 1.82) is 0 Å². The normalized spacial score (nSPS) is 15.8. The molecule has 4 nitrogen and oxygen atoms in total. The summed E-state index contributed by atoms with van der Waals surface area (Å²) in [6.07, 6.45) is 6.43. The van der Waals surface area contributed by atoms with Crippen LogP contribution in [0.25, 0.3) is 11.4 Å². The van der Waals surface area contributed by atoms with E-state index in [-0.39, 0.29) is 0 Å². The van der Waals surface area contributed by atoms with Gasteiger partial charge in [0.25, 0.3) is 0 Å². The molecule has 2 heterocycles. The lowest BCUT2D eigenvalue weighted by Gasteiger charge is -1.95. The second kappa shape index (κ2) is 3.57. The van der Waals surface area contributed by atoms with Crippen LogP contribution in [-0.2, 0) is 6.54 Å². The van der Waals surface area contributed by atoms with Crippen LogP contribution in [-0.4, -0.2) is 19.1 Å². The van der Waals surface area contributed by atoms with E-state index < -0.39 is 0 Å². The summed E-state index contributed by atoms with van der Waals surface area (Å²) in [4.78, 5) is 4.11. The zero-order valence-electron chi connectivity index (χ0n) is 7.93. The van der Waals surface area contributed by atoms with Crippen molar-refractivity contribution < 1.29 is 0 Å². The van der Waals surface area contributed by atoms with Crippen LogP contribution >= 0.6 is 23.1 Å². The minimum Gasteiger partial charge on any atom is -0.272 e. The summed E-state index contributed by atoms with van der Waals surface area (Å²) >= 11 is 6.93. The maximum Gasteiger partial charge on any atom is 0.203 e. The van der Waals surface area contributed by atoms with Crippen LogP contribution < -0.4 is 0 Å². The third-order valence-electron chi connectivity index (χ3n) is 2.43. The largest absolute Gasteiger partial charge is 0.272 e. The van der Waals surface area contributed by atoms with Crippen molar-refractivity contribution in [2.24, 2.45) is 5.92 Å². The van der Waals surface area contributed by atoms with E-state index in [2.05, 4.69) is 14.5 Å². The van der Waals surface area contributed by atoms with Crippen molar-refractivity contribution in [1.82, 2.24) is 19.1 Å². The molecule has 0 amide bonds. The fraction of sp³-hybridized carbons (Fsp3) is 0.444. The third kappa shape index (κ3) is 2.03. The van der Waals surface area contributed by atoms with Gasteiger partial charge in [-0.15, -0.1) is 0 Å². The molecule has 15 heavy (non-hydrogen) atoms. The second-order valence-corrected chi connectivity index (χ2v) is 5.10. The lowest BCUT2D eigenvalue weighted by Crippen LogP contribution is -1.98. The summed E-state index contributed by atoms with van der Waals surface area (Å²) in [7, 11) is 0. The highest BCUT2D eigenvalue weighted by Crippen LogP contribution is 2.30. The van der Waals surface area contributed by atoms with Crippen LogP contribution in [0.5, 0.6) is 0 Å². The highest BCUT2D eigenvalue weighted by Gasteiger charge is 2.22. The third-order valence-corrected chi connectivity index (χ3v) is 3.23. The Balaban J connectivity index is 1.82. The van der Waals surface area contributed by atoms with Gasteiger partial charge in [0.15, 0.2) is 5.82 Å². The molecule has 0 bridgehead atoms. The minimum atomic E-state index is 0.472. The average molecular weight is 241 g/mol. The first kappa shape index (κ1) is 9.30. The van der Waals surface area contributed by atoms with E-state index in [1.807, 2.05) is 10.9 Å². The molecular formula is C9H9ClN4S. The monoisotopic (exact) mass is 240 g/mol. The van der Waals surface area contributed by atoms with Crippen molar-refractivity contribution >= 4 is 23.1 Å². The first-order valence-electron chi connectivity index (χ1n) is 4.83. The minimum absolute atomic E-state index is 0.472. The van der Waals surface area contributed by atoms with Crippen molar-refractivity contribution in [3.8, 4) is 11.4 Å². The number of nitrogens with zero attached hydrogens (tertiary/aromatic N) is 4. The molecule has 0 spiro atoms. The molecule has 0 unspecified atom stereocenters. The fourth-order valence-corrected chi connectivity index (χ4v) is 2.08. The number of aromatic nitrogens is 4. The molecule has 0 radical (unpaired) electrons. The van der Waals surface area contributed by atoms with Gasteiger partial charge in [0.2, 0.25) is 4.47 Å². The molecule has 78 valence electrons. The van der Waals surface area contributed by atoms with Gasteiger partial charge in [-0.05, 0) is 41.9 Å². The zero-order chi connectivity index (χ0) is 10.3. The Morgan fingerprint density at radius 3 is 3.07 bits per heavy atom. The first-order valence-corrected chi connectivity index (χ1v) is 5.98. The Labute approximate surface area is 96.1 Å². The van der Waals surface area contributed by atoms with Gasteiger partial charge in [0.1, 0.15) is 0 Å². The molecule has 6 heteroatoms. The quantitative estimate of drug-likeness (QED) is 0.828. The van der Waals surface area contributed by atoms with Gasteiger partial charge in [-0.1, -0.05) is 0 Å². The van der Waals surface area contributed by atoms with Gasteiger partial charge in [-0.2, -0.15) is 9.47 Å². The van der Waals surface area contributed by atoms with E-state index in [1.165, 1.54) is 24.4 Å². The molecule has 2 aromatic rings. The predicted molar refractivity (Wildman–Crippen MR) is 58.9 cm³/mol. The zero-order valence-corrected chi connectivity index (χ0v) is 9.50. The molecule has 0 N–H and O–H groups in total. The maximum absolute atomic E-state index is 5.73. The van der Waals surface area contributed by atoms with Crippen LogP contribution in [0.2, 0.25) is 4.47 Å². The van der Waals surface area contributed by atoms with Crippen LogP contribution in [0, 0.1) is 5.92 Å².